The lowest BCUT2D eigenvalue weighted by molar-refractivity contribution is -0.0687. The molecule has 1 fully saturated rings. The van der Waals surface area contributed by atoms with Crippen LogP contribution in [0.2, 0.25) is 0 Å². The fraction of sp³-hybridized carbons (Fsp3) is 1.00. The largest absolute Gasteiger partial charge is 0.374 e. The quantitative estimate of drug-likeness (QED) is 0.734. The van der Waals surface area contributed by atoms with Gasteiger partial charge in [0.15, 0.2) is 0 Å². The Hall–Kier alpha value is -0.0800. The van der Waals surface area contributed by atoms with Crippen LogP contribution in [0, 0.1) is 5.92 Å². The van der Waals surface area contributed by atoms with Crippen LogP contribution in [0.25, 0.3) is 0 Å². The highest BCUT2D eigenvalue weighted by Crippen LogP contribution is 2.32. The van der Waals surface area contributed by atoms with E-state index in [0.717, 1.165) is 31.8 Å². The molecule has 1 rings (SSSR count). The zero-order chi connectivity index (χ0) is 12.7. The molecule has 2 heteroatoms. The second kappa shape index (κ2) is 7.38. The lowest BCUT2D eigenvalue weighted by atomic mass is 9.78. The Morgan fingerprint density at radius 2 is 1.71 bits per heavy atom. The number of hydrogen-bond acceptors (Lipinski definition) is 2. The maximum Gasteiger partial charge on any atom is 0.0827 e. The number of rotatable bonds is 7. The third kappa shape index (κ3) is 3.96. The van der Waals surface area contributed by atoms with Gasteiger partial charge in [-0.1, -0.05) is 46.0 Å². The van der Waals surface area contributed by atoms with E-state index in [2.05, 4.69) is 20.8 Å². The van der Waals surface area contributed by atoms with Crippen molar-refractivity contribution >= 4 is 0 Å². The number of ether oxygens (including phenoxy) is 1. The molecule has 17 heavy (non-hydrogen) atoms. The van der Waals surface area contributed by atoms with Gasteiger partial charge in [-0.3, -0.25) is 0 Å². The summed E-state index contributed by atoms with van der Waals surface area (Å²) in [6.45, 7) is 7.27. The molecule has 0 bridgehead atoms. The molecular formula is C15H31NO. The predicted molar refractivity (Wildman–Crippen MR) is 74.1 cm³/mol. The first kappa shape index (κ1) is 15.0. The Bertz CT molecular complexity index is 195. The van der Waals surface area contributed by atoms with E-state index in [4.69, 9.17) is 10.5 Å². The van der Waals surface area contributed by atoms with Gasteiger partial charge in [-0.2, -0.15) is 0 Å². The van der Waals surface area contributed by atoms with E-state index in [9.17, 15) is 0 Å². The normalized spacial score (nSPS) is 20.5. The van der Waals surface area contributed by atoms with Crippen molar-refractivity contribution in [2.75, 3.05) is 6.61 Å². The molecule has 0 spiro atoms. The van der Waals surface area contributed by atoms with Crippen molar-refractivity contribution in [1.82, 2.24) is 0 Å². The highest BCUT2D eigenvalue weighted by atomic mass is 16.5. The molecule has 1 atom stereocenters. The molecule has 0 amide bonds. The Morgan fingerprint density at radius 1 is 1.12 bits per heavy atom. The molecule has 2 nitrogen and oxygen atoms in total. The van der Waals surface area contributed by atoms with Gasteiger partial charge in [-0.15, -0.1) is 0 Å². The molecule has 1 saturated carbocycles. The van der Waals surface area contributed by atoms with Crippen molar-refractivity contribution in [3.63, 3.8) is 0 Å². The van der Waals surface area contributed by atoms with Crippen LogP contribution in [0.3, 0.4) is 0 Å². The smallest absolute Gasteiger partial charge is 0.0827 e. The van der Waals surface area contributed by atoms with Gasteiger partial charge >= 0.3 is 0 Å². The lowest BCUT2D eigenvalue weighted by Crippen LogP contribution is -2.50. The summed E-state index contributed by atoms with van der Waals surface area (Å²) in [5.41, 5.74) is 6.39. The lowest BCUT2D eigenvalue weighted by Gasteiger charge is -2.39. The standard InChI is InChI=1S/C15H31NO/c1-4-15(5-2,17-6-3)14(16)12-13-10-8-7-9-11-13/h13-14H,4-12,16H2,1-3H3. The van der Waals surface area contributed by atoms with E-state index >= 15 is 0 Å². The summed E-state index contributed by atoms with van der Waals surface area (Å²) in [7, 11) is 0. The average Bonchev–Trinajstić information content (AvgIpc) is 2.37. The molecule has 102 valence electrons. The molecular weight excluding hydrogens is 210 g/mol. The van der Waals surface area contributed by atoms with Crippen LogP contribution in [0.15, 0.2) is 0 Å². The number of hydrogen-bond donors (Lipinski definition) is 1. The molecule has 1 aliphatic carbocycles. The maximum atomic E-state index is 6.47. The topological polar surface area (TPSA) is 35.2 Å². The maximum absolute atomic E-state index is 6.47. The van der Waals surface area contributed by atoms with Gasteiger partial charge in [0.2, 0.25) is 0 Å². The van der Waals surface area contributed by atoms with E-state index < -0.39 is 0 Å². The highest BCUT2D eigenvalue weighted by Gasteiger charge is 2.35. The van der Waals surface area contributed by atoms with E-state index in [1.807, 2.05) is 0 Å². The van der Waals surface area contributed by atoms with Crippen molar-refractivity contribution in [2.24, 2.45) is 11.7 Å². The molecule has 0 radical (unpaired) electrons. The van der Waals surface area contributed by atoms with Crippen molar-refractivity contribution in [2.45, 2.75) is 83.8 Å². The molecule has 0 aromatic carbocycles. The Morgan fingerprint density at radius 3 is 2.18 bits per heavy atom. The van der Waals surface area contributed by atoms with Gasteiger partial charge in [0.1, 0.15) is 0 Å². The first-order chi connectivity index (χ1) is 8.18. The summed E-state index contributed by atoms with van der Waals surface area (Å²) < 4.78 is 6.01. The van der Waals surface area contributed by atoms with Gasteiger partial charge in [-0.05, 0) is 32.1 Å². The molecule has 1 unspecified atom stereocenters. The Labute approximate surface area is 107 Å². The monoisotopic (exact) mass is 241 g/mol. The summed E-state index contributed by atoms with van der Waals surface area (Å²) in [6, 6.07) is 0.209. The summed E-state index contributed by atoms with van der Waals surface area (Å²) in [5.74, 6) is 0.844. The van der Waals surface area contributed by atoms with E-state index in [1.54, 1.807) is 0 Å². The van der Waals surface area contributed by atoms with E-state index in [0.29, 0.717) is 0 Å². The van der Waals surface area contributed by atoms with E-state index in [-0.39, 0.29) is 11.6 Å². The van der Waals surface area contributed by atoms with Crippen LogP contribution in [0.1, 0.15) is 72.1 Å². The van der Waals surface area contributed by atoms with Crippen LogP contribution >= 0.6 is 0 Å². The van der Waals surface area contributed by atoms with Crippen LogP contribution in [0.4, 0.5) is 0 Å². The van der Waals surface area contributed by atoms with Gasteiger partial charge in [0.25, 0.3) is 0 Å². The molecule has 0 heterocycles. The molecule has 0 saturated heterocycles. The van der Waals surface area contributed by atoms with Crippen molar-refractivity contribution in [1.29, 1.82) is 0 Å². The predicted octanol–water partition coefficient (Wildman–Crippen LogP) is 3.88. The minimum atomic E-state index is -0.0772. The summed E-state index contributed by atoms with van der Waals surface area (Å²) in [6.07, 6.45) is 10.2. The van der Waals surface area contributed by atoms with Crippen LogP contribution in [0.5, 0.6) is 0 Å². The van der Waals surface area contributed by atoms with Crippen molar-refractivity contribution in [3.8, 4) is 0 Å². The van der Waals surface area contributed by atoms with E-state index in [1.165, 1.54) is 32.1 Å². The fourth-order valence-electron chi connectivity index (χ4n) is 3.37. The summed E-state index contributed by atoms with van der Waals surface area (Å²) in [5, 5.41) is 0. The minimum Gasteiger partial charge on any atom is -0.374 e. The zero-order valence-corrected chi connectivity index (χ0v) is 12.0. The first-order valence-corrected chi connectivity index (χ1v) is 7.58. The van der Waals surface area contributed by atoms with Crippen LogP contribution < -0.4 is 5.73 Å². The fourth-order valence-corrected chi connectivity index (χ4v) is 3.37. The Kier molecular flexibility index (Phi) is 6.50. The molecule has 0 aromatic rings. The molecule has 0 aliphatic heterocycles. The molecule has 1 aliphatic rings. The summed E-state index contributed by atoms with van der Waals surface area (Å²) >= 11 is 0. The number of nitrogens with two attached hydrogens (primary N) is 1. The van der Waals surface area contributed by atoms with Crippen molar-refractivity contribution < 1.29 is 4.74 Å². The van der Waals surface area contributed by atoms with Crippen LogP contribution in [-0.4, -0.2) is 18.2 Å². The van der Waals surface area contributed by atoms with Crippen molar-refractivity contribution in [3.05, 3.63) is 0 Å². The van der Waals surface area contributed by atoms with Gasteiger partial charge in [0, 0.05) is 12.6 Å². The summed E-state index contributed by atoms with van der Waals surface area (Å²) in [4.78, 5) is 0. The van der Waals surface area contributed by atoms with Gasteiger partial charge in [0.05, 0.1) is 5.60 Å². The third-order valence-corrected chi connectivity index (χ3v) is 4.62. The van der Waals surface area contributed by atoms with Crippen LogP contribution in [-0.2, 0) is 4.74 Å². The second-order valence-corrected chi connectivity index (χ2v) is 5.55. The average molecular weight is 241 g/mol. The first-order valence-electron chi connectivity index (χ1n) is 7.58. The van der Waals surface area contributed by atoms with Gasteiger partial charge < -0.3 is 10.5 Å². The minimum absolute atomic E-state index is 0.0772. The highest BCUT2D eigenvalue weighted by molar-refractivity contribution is 4.91. The molecule has 0 aromatic heterocycles. The third-order valence-electron chi connectivity index (χ3n) is 4.62. The molecule has 2 N–H and O–H groups in total. The Balaban J connectivity index is 2.53. The second-order valence-electron chi connectivity index (χ2n) is 5.55. The zero-order valence-electron chi connectivity index (χ0n) is 12.0. The van der Waals surface area contributed by atoms with Gasteiger partial charge in [-0.25, -0.2) is 0 Å². The SMILES string of the molecule is CCOC(CC)(CC)C(N)CC1CCCCC1.